The number of amides is 1. The Kier molecular flexibility index (Phi) is 5.41. The van der Waals surface area contributed by atoms with Crippen molar-refractivity contribution >= 4 is 50.4 Å². The highest BCUT2D eigenvalue weighted by Crippen LogP contribution is 2.34. The van der Waals surface area contributed by atoms with Gasteiger partial charge in [-0.3, -0.25) is 9.69 Å². The van der Waals surface area contributed by atoms with E-state index in [1.807, 2.05) is 13.8 Å². The molecule has 0 aliphatic carbocycles. The summed E-state index contributed by atoms with van der Waals surface area (Å²) in [7, 11) is -2.39. The lowest BCUT2D eigenvalue weighted by atomic mass is 10.1. The maximum Gasteiger partial charge on any atom is 0.339 e. The van der Waals surface area contributed by atoms with Gasteiger partial charge in [0.15, 0.2) is 0 Å². The highest BCUT2D eigenvalue weighted by Gasteiger charge is 2.29. The van der Waals surface area contributed by atoms with E-state index in [4.69, 9.17) is 16.4 Å². The van der Waals surface area contributed by atoms with Crippen LogP contribution in [0.25, 0.3) is 6.08 Å². The highest BCUT2D eigenvalue weighted by molar-refractivity contribution is 8.26. The minimum absolute atomic E-state index is 0.0690. The van der Waals surface area contributed by atoms with E-state index in [0.717, 1.165) is 11.1 Å². The maximum atomic E-state index is 12.6. The lowest BCUT2D eigenvalue weighted by Gasteiger charge is -2.11. The van der Waals surface area contributed by atoms with Gasteiger partial charge in [0.1, 0.15) is 15.0 Å². The second-order valence-electron chi connectivity index (χ2n) is 6.13. The van der Waals surface area contributed by atoms with E-state index in [1.165, 1.54) is 28.8 Å². The summed E-state index contributed by atoms with van der Waals surface area (Å²) in [6, 6.07) is 11.5. The summed E-state index contributed by atoms with van der Waals surface area (Å²) in [5.74, 6) is -0.0682. The number of hydrogen-bond donors (Lipinski definition) is 0. The van der Waals surface area contributed by atoms with Crippen LogP contribution in [0.3, 0.4) is 0 Å². The Labute approximate surface area is 168 Å². The minimum atomic E-state index is -3.99. The largest absolute Gasteiger partial charge is 0.378 e. The van der Waals surface area contributed by atoms with E-state index >= 15 is 0 Å². The van der Waals surface area contributed by atoms with Crippen molar-refractivity contribution in [2.75, 3.05) is 7.05 Å². The van der Waals surface area contributed by atoms with Gasteiger partial charge in [0, 0.05) is 12.6 Å². The first-order valence-corrected chi connectivity index (χ1v) is 10.6. The number of benzene rings is 2. The van der Waals surface area contributed by atoms with Crippen molar-refractivity contribution in [2.24, 2.45) is 0 Å². The van der Waals surface area contributed by atoms with Gasteiger partial charge in [0.2, 0.25) is 0 Å². The van der Waals surface area contributed by atoms with E-state index < -0.39 is 10.1 Å². The molecule has 8 heteroatoms. The molecule has 3 rings (SSSR count). The zero-order valence-electron chi connectivity index (χ0n) is 14.9. The van der Waals surface area contributed by atoms with E-state index in [0.29, 0.717) is 14.8 Å². The van der Waals surface area contributed by atoms with Gasteiger partial charge in [0.05, 0.1) is 4.91 Å². The normalized spacial score (nSPS) is 16.3. The van der Waals surface area contributed by atoms with E-state index in [2.05, 4.69) is 0 Å². The van der Waals surface area contributed by atoms with Crippen LogP contribution in [-0.2, 0) is 14.9 Å². The maximum absolute atomic E-state index is 12.6. The number of hydrogen-bond acceptors (Lipinski definition) is 6. The molecule has 0 unspecified atom stereocenters. The van der Waals surface area contributed by atoms with Crippen LogP contribution in [0.15, 0.2) is 52.3 Å². The minimum Gasteiger partial charge on any atom is -0.378 e. The Balaban J connectivity index is 1.99. The smallest absolute Gasteiger partial charge is 0.339 e. The van der Waals surface area contributed by atoms with Crippen LogP contribution in [0.2, 0.25) is 0 Å². The molecule has 1 saturated heterocycles. The van der Waals surface area contributed by atoms with Gasteiger partial charge in [-0.25, -0.2) is 0 Å². The number of nitrogens with zero attached hydrogens (tertiary/aromatic N) is 1. The fourth-order valence-electron chi connectivity index (χ4n) is 2.41. The Morgan fingerprint density at radius 3 is 2.30 bits per heavy atom. The molecule has 0 radical (unpaired) electrons. The SMILES string of the molecule is Cc1ccc(S(=O)(=O)Oc2ccc(C)cc2/C=C2/SC(=S)N(C)C2=O)cc1. The van der Waals surface area contributed by atoms with Crippen molar-refractivity contribution in [3.05, 3.63) is 64.1 Å². The van der Waals surface area contributed by atoms with Crippen molar-refractivity contribution in [2.45, 2.75) is 18.7 Å². The molecule has 0 atom stereocenters. The first kappa shape index (κ1) is 19.6. The summed E-state index contributed by atoms with van der Waals surface area (Å²) in [6.45, 7) is 3.75. The number of carbonyl (C=O) groups excluding carboxylic acids is 1. The molecule has 0 bridgehead atoms. The molecule has 0 spiro atoms. The number of rotatable bonds is 4. The summed E-state index contributed by atoms with van der Waals surface area (Å²) < 4.78 is 31.0. The van der Waals surface area contributed by atoms with Gasteiger partial charge < -0.3 is 4.18 Å². The number of likely N-dealkylation sites (N-methyl/N-ethyl adjacent to an activating group) is 1. The van der Waals surface area contributed by atoms with Crippen molar-refractivity contribution < 1.29 is 17.4 Å². The molecule has 5 nitrogen and oxygen atoms in total. The summed E-state index contributed by atoms with van der Waals surface area (Å²) in [6.07, 6.45) is 1.61. The third-order valence-corrected chi connectivity index (χ3v) is 6.68. The number of thiocarbonyl (C=S) groups is 1. The number of aryl methyl sites for hydroxylation is 2. The molecule has 1 amide bonds. The predicted octanol–water partition coefficient (Wildman–Crippen LogP) is 3.90. The Hall–Kier alpha value is -2.16. The molecule has 1 aliphatic heterocycles. The second-order valence-corrected chi connectivity index (χ2v) is 9.35. The molecule has 140 valence electrons. The van der Waals surface area contributed by atoms with Gasteiger partial charge in [-0.05, 0) is 44.2 Å². The molecule has 1 fully saturated rings. The van der Waals surface area contributed by atoms with Gasteiger partial charge in [0.25, 0.3) is 5.91 Å². The molecule has 27 heavy (non-hydrogen) atoms. The fourth-order valence-corrected chi connectivity index (χ4v) is 4.54. The van der Waals surface area contributed by atoms with Crippen LogP contribution in [0.4, 0.5) is 0 Å². The summed E-state index contributed by atoms with van der Waals surface area (Å²) in [5.41, 5.74) is 2.36. The average Bonchev–Trinajstić information content (AvgIpc) is 2.84. The molecule has 0 saturated carbocycles. The van der Waals surface area contributed by atoms with Crippen molar-refractivity contribution in [3.63, 3.8) is 0 Å². The van der Waals surface area contributed by atoms with Crippen molar-refractivity contribution in [1.82, 2.24) is 4.90 Å². The summed E-state index contributed by atoms with van der Waals surface area (Å²) >= 11 is 6.30. The summed E-state index contributed by atoms with van der Waals surface area (Å²) in [5, 5.41) is 0. The molecule has 2 aromatic carbocycles. The number of thioether (sulfide) groups is 1. The lowest BCUT2D eigenvalue weighted by Crippen LogP contribution is -2.22. The van der Waals surface area contributed by atoms with Crippen LogP contribution < -0.4 is 4.18 Å². The summed E-state index contributed by atoms with van der Waals surface area (Å²) in [4.78, 5) is 14.1. The zero-order chi connectivity index (χ0) is 19.8. The van der Waals surface area contributed by atoms with Crippen LogP contribution in [-0.4, -0.2) is 30.6 Å². The van der Waals surface area contributed by atoms with Gasteiger partial charge >= 0.3 is 10.1 Å². The Bertz CT molecular complexity index is 1060. The number of carbonyl (C=O) groups is 1. The van der Waals surface area contributed by atoms with Crippen LogP contribution in [0, 0.1) is 13.8 Å². The topological polar surface area (TPSA) is 63.7 Å². The standard InChI is InChI=1S/C19H17NO4S3/c1-12-4-7-15(8-5-12)27(22,23)24-16-9-6-13(2)10-14(16)11-17-18(21)20(3)19(25)26-17/h4-11H,1-3H3/b17-11+. The molecular formula is C19H17NO4S3. The fraction of sp³-hybridized carbons (Fsp3) is 0.158. The van der Waals surface area contributed by atoms with Gasteiger partial charge in [-0.2, -0.15) is 8.42 Å². The third-order valence-electron chi connectivity index (χ3n) is 3.95. The van der Waals surface area contributed by atoms with Crippen LogP contribution in [0.5, 0.6) is 5.75 Å². The van der Waals surface area contributed by atoms with Crippen molar-refractivity contribution in [1.29, 1.82) is 0 Å². The first-order valence-electron chi connectivity index (χ1n) is 8.01. The van der Waals surface area contributed by atoms with E-state index in [9.17, 15) is 13.2 Å². The molecule has 2 aromatic rings. The van der Waals surface area contributed by atoms with Crippen LogP contribution >= 0.6 is 24.0 Å². The molecule has 0 N–H and O–H groups in total. The molecule has 0 aromatic heterocycles. The van der Waals surface area contributed by atoms with Gasteiger partial charge in [-0.1, -0.05) is 53.3 Å². The van der Waals surface area contributed by atoms with Crippen molar-refractivity contribution in [3.8, 4) is 5.75 Å². The predicted molar refractivity (Wildman–Crippen MR) is 111 cm³/mol. The lowest BCUT2D eigenvalue weighted by molar-refractivity contribution is -0.121. The first-order chi connectivity index (χ1) is 12.7. The average molecular weight is 420 g/mol. The monoisotopic (exact) mass is 419 g/mol. The zero-order valence-corrected chi connectivity index (χ0v) is 17.4. The van der Waals surface area contributed by atoms with Crippen LogP contribution in [0.1, 0.15) is 16.7 Å². The van der Waals surface area contributed by atoms with E-state index in [-0.39, 0.29) is 16.6 Å². The molecule has 1 aliphatic rings. The Morgan fingerprint density at radius 2 is 1.70 bits per heavy atom. The quantitative estimate of drug-likeness (QED) is 0.425. The second kappa shape index (κ2) is 7.46. The highest BCUT2D eigenvalue weighted by atomic mass is 32.2. The third kappa shape index (κ3) is 4.23. The van der Waals surface area contributed by atoms with E-state index in [1.54, 1.807) is 43.5 Å². The molecular weight excluding hydrogens is 402 g/mol. The van der Waals surface area contributed by atoms with Gasteiger partial charge in [-0.15, -0.1) is 0 Å². The Morgan fingerprint density at radius 1 is 1.07 bits per heavy atom. The molecule has 1 heterocycles.